The van der Waals surface area contributed by atoms with Gasteiger partial charge in [0.25, 0.3) is 0 Å². The minimum absolute atomic E-state index is 0.0645. The van der Waals surface area contributed by atoms with Crippen LogP contribution in [0.5, 0.6) is 0 Å². The molecule has 0 unspecified atom stereocenters. The van der Waals surface area contributed by atoms with Crippen LogP contribution in [0.1, 0.15) is 0 Å². The van der Waals surface area contributed by atoms with E-state index in [1.807, 2.05) is 0 Å². The van der Waals surface area contributed by atoms with Gasteiger partial charge >= 0.3 is 27.5 Å². The number of hydrogen-bond donors (Lipinski definition) is 0. The molecule has 12 heteroatoms. The number of benzene rings is 1. The molecule has 1 aromatic rings. The molecule has 1 rings (SSSR count). The lowest BCUT2D eigenvalue weighted by Crippen LogP contribution is -2.56. The molecule has 0 aliphatic carbocycles. The van der Waals surface area contributed by atoms with E-state index in [9.17, 15) is 39.2 Å². The zero-order valence-electron chi connectivity index (χ0n) is 11.6. The third kappa shape index (κ3) is 3.58. The molecule has 0 saturated carbocycles. The van der Waals surface area contributed by atoms with E-state index in [1.54, 1.807) is 0 Å². The maximum Gasteiger partial charge on any atom is 0.461 e. The Morgan fingerprint density at radius 1 is 0.870 bits per heavy atom. The standard InChI is InChI=1S/C11H11F7O3S2/c1-22(2,8-6-4-3-5-7-8)21-23(19,20)11(17,18)9(12,13)10(14,15)16/h3-7H,1-2H3. The van der Waals surface area contributed by atoms with Gasteiger partial charge in [0.15, 0.2) is 0 Å². The Labute approximate surface area is 129 Å². The molecule has 0 spiro atoms. The first-order chi connectivity index (χ1) is 10.1. The average Bonchev–Trinajstić information content (AvgIpc) is 2.36. The molecule has 23 heavy (non-hydrogen) atoms. The quantitative estimate of drug-likeness (QED) is 0.712. The van der Waals surface area contributed by atoms with Crippen molar-refractivity contribution < 1.29 is 42.8 Å². The summed E-state index contributed by atoms with van der Waals surface area (Å²) in [5.74, 6) is -6.80. The fourth-order valence-corrected chi connectivity index (χ4v) is 5.07. The summed E-state index contributed by atoms with van der Waals surface area (Å²) in [5.41, 5.74) is 0. The number of rotatable bonds is 5. The summed E-state index contributed by atoms with van der Waals surface area (Å²) in [6, 6.07) is 6.82. The van der Waals surface area contributed by atoms with Crippen molar-refractivity contribution in [2.24, 2.45) is 0 Å². The van der Waals surface area contributed by atoms with Crippen LogP contribution in [0.25, 0.3) is 0 Å². The van der Waals surface area contributed by atoms with Gasteiger partial charge in [0, 0.05) is 4.90 Å². The Kier molecular flexibility index (Phi) is 5.06. The van der Waals surface area contributed by atoms with Crippen LogP contribution in [0.4, 0.5) is 30.7 Å². The molecule has 3 nitrogen and oxygen atoms in total. The van der Waals surface area contributed by atoms with Crippen molar-refractivity contribution in [2.75, 3.05) is 12.5 Å². The molecule has 134 valence electrons. The van der Waals surface area contributed by atoms with E-state index in [1.165, 1.54) is 30.3 Å². The highest BCUT2D eigenvalue weighted by Gasteiger charge is 2.79. The third-order valence-corrected chi connectivity index (χ3v) is 6.98. The van der Waals surface area contributed by atoms with Gasteiger partial charge in [-0.2, -0.15) is 39.2 Å². The van der Waals surface area contributed by atoms with Crippen molar-refractivity contribution in [1.29, 1.82) is 0 Å². The Morgan fingerprint density at radius 2 is 1.30 bits per heavy atom. The smallest absolute Gasteiger partial charge is 0.211 e. The largest absolute Gasteiger partial charge is 0.461 e. The fourth-order valence-electron chi connectivity index (χ4n) is 1.38. The molecule has 0 amide bonds. The van der Waals surface area contributed by atoms with E-state index >= 15 is 0 Å². The van der Waals surface area contributed by atoms with Crippen LogP contribution in [-0.2, 0) is 13.7 Å². The van der Waals surface area contributed by atoms with E-state index in [0.717, 1.165) is 12.5 Å². The lowest BCUT2D eigenvalue weighted by atomic mass is 10.3. The zero-order valence-corrected chi connectivity index (χ0v) is 13.2. The van der Waals surface area contributed by atoms with Crippen molar-refractivity contribution in [3.05, 3.63) is 30.3 Å². The molecule has 0 fully saturated rings. The molecule has 0 aliphatic rings. The van der Waals surface area contributed by atoms with Crippen LogP contribution in [-0.4, -0.2) is 38.3 Å². The van der Waals surface area contributed by atoms with Gasteiger partial charge in [0.2, 0.25) is 0 Å². The zero-order chi connectivity index (χ0) is 18.3. The Hall–Kier alpha value is -1.01. The molecule has 0 aromatic heterocycles. The van der Waals surface area contributed by atoms with Crippen LogP contribution < -0.4 is 0 Å². The topological polar surface area (TPSA) is 43.4 Å². The first kappa shape index (κ1) is 20.0. The van der Waals surface area contributed by atoms with E-state index in [0.29, 0.717) is 0 Å². The van der Waals surface area contributed by atoms with Gasteiger partial charge in [-0.15, -0.1) is 0 Å². The maximum absolute atomic E-state index is 13.4. The van der Waals surface area contributed by atoms with Crippen molar-refractivity contribution in [2.45, 2.75) is 22.2 Å². The highest BCUT2D eigenvalue weighted by Crippen LogP contribution is 2.56. The second-order valence-corrected chi connectivity index (χ2v) is 9.56. The highest BCUT2D eigenvalue weighted by atomic mass is 32.3. The predicted octanol–water partition coefficient (Wildman–Crippen LogP) is 4.16. The minimum atomic E-state index is -6.80. The summed E-state index contributed by atoms with van der Waals surface area (Å²) in [5, 5.41) is -6.47. The summed E-state index contributed by atoms with van der Waals surface area (Å²) >= 11 is 0. The molecule has 0 saturated heterocycles. The molecule has 0 radical (unpaired) electrons. The van der Waals surface area contributed by atoms with E-state index in [-0.39, 0.29) is 4.90 Å². The van der Waals surface area contributed by atoms with E-state index in [2.05, 4.69) is 3.63 Å². The normalized spacial score (nSPS) is 15.5. The minimum Gasteiger partial charge on any atom is -0.211 e. The summed E-state index contributed by atoms with van der Waals surface area (Å²) in [7, 11) is -9.65. The van der Waals surface area contributed by atoms with Gasteiger partial charge in [-0.3, -0.25) is 0 Å². The Balaban J connectivity index is 3.27. The lowest BCUT2D eigenvalue weighted by Gasteiger charge is -2.34. The highest BCUT2D eigenvalue weighted by molar-refractivity contribution is 8.32. The van der Waals surface area contributed by atoms with E-state index in [4.69, 9.17) is 0 Å². The first-order valence-electron chi connectivity index (χ1n) is 5.62. The first-order valence-corrected chi connectivity index (χ1v) is 9.41. The van der Waals surface area contributed by atoms with Crippen molar-refractivity contribution >= 4 is 20.4 Å². The van der Waals surface area contributed by atoms with Crippen LogP contribution in [0.15, 0.2) is 35.2 Å². The van der Waals surface area contributed by atoms with Crippen LogP contribution in [0, 0.1) is 0 Å². The van der Waals surface area contributed by atoms with Gasteiger partial charge in [-0.25, -0.2) is 3.63 Å². The molecular weight excluding hydrogens is 377 g/mol. The van der Waals surface area contributed by atoms with Crippen LogP contribution >= 0.6 is 10.3 Å². The van der Waals surface area contributed by atoms with Gasteiger partial charge in [-0.1, -0.05) is 28.5 Å². The third-order valence-electron chi connectivity index (χ3n) is 2.61. The lowest BCUT2D eigenvalue weighted by molar-refractivity contribution is -0.333. The molecule has 0 bridgehead atoms. The molecular formula is C11H11F7O3S2. The Bertz CT molecular complexity index is 654. The molecule has 0 aliphatic heterocycles. The van der Waals surface area contributed by atoms with Crippen LogP contribution in [0.2, 0.25) is 0 Å². The van der Waals surface area contributed by atoms with Crippen molar-refractivity contribution in [1.82, 2.24) is 0 Å². The van der Waals surface area contributed by atoms with Crippen molar-refractivity contribution in [3.8, 4) is 0 Å². The molecule has 0 N–H and O–H groups in total. The van der Waals surface area contributed by atoms with Gasteiger partial charge in [0.1, 0.15) is 0 Å². The van der Waals surface area contributed by atoms with Crippen LogP contribution in [0.3, 0.4) is 0 Å². The second kappa shape index (κ2) is 5.81. The monoisotopic (exact) mass is 388 g/mol. The summed E-state index contributed by atoms with van der Waals surface area (Å²) in [4.78, 5) is 0.0645. The van der Waals surface area contributed by atoms with Crippen molar-refractivity contribution in [3.63, 3.8) is 0 Å². The Morgan fingerprint density at radius 3 is 1.70 bits per heavy atom. The molecule has 0 atom stereocenters. The predicted molar refractivity (Wildman–Crippen MR) is 70.1 cm³/mol. The molecule has 1 aromatic carbocycles. The van der Waals surface area contributed by atoms with Gasteiger partial charge in [-0.05, 0) is 24.6 Å². The number of halogens is 7. The fraction of sp³-hybridized carbons (Fsp3) is 0.455. The summed E-state index contributed by atoms with van der Waals surface area (Å²) < 4.78 is 116. The van der Waals surface area contributed by atoms with E-state index < -0.39 is 37.8 Å². The summed E-state index contributed by atoms with van der Waals surface area (Å²) in [6.45, 7) is 0. The maximum atomic E-state index is 13.4. The van der Waals surface area contributed by atoms with Gasteiger partial charge in [0.05, 0.1) is 0 Å². The number of alkyl halides is 7. The second-order valence-electron chi connectivity index (χ2n) is 4.66. The number of hydrogen-bond acceptors (Lipinski definition) is 3. The summed E-state index contributed by atoms with van der Waals surface area (Å²) in [6.07, 6.45) is -4.73. The molecule has 0 heterocycles. The SMILES string of the molecule is CS(C)(OS(=O)(=O)C(F)(F)C(F)(F)C(F)(F)F)c1ccccc1. The van der Waals surface area contributed by atoms with Gasteiger partial charge < -0.3 is 0 Å². The average molecular weight is 388 g/mol.